The lowest BCUT2D eigenvalue weighted by atomic mass is 9.98. The Morgan fingerprint density at radius 2 is 2.16 bits per heavy atom. The van der Waals surface area contributed by atoms with Crippen molar-refractivity contribution in [2.75, 3.05) is 18.4 Å². The fourth-order valence-electron chi connectivity index (χ4n) is 3.11. The van der Waals surface area contributed by atoms with Crippen LogP contribution in [0.25, 0.3) is 0 Å². The van der Waals surface area contributed by atoms with Crippen molar-refractivity contribution in [1.82, 2.24) is 15.0 Å². The van der Waals surface area contributed by atoms with E-state index in [1.807, 2.05) is 31.2 Å². The Hall–Kier alpha value is -2.70. The highest BCUT2D eigenvalue weighted by molar-refractivity contribution is 6.39. The number of para-hydroxylation sites is 1. The number of nitrogens with one attached hydrogen (secondary N) is 1. The quantitative estimate of drug-likeness (QED) is 0.865. The number of rotatable bonds is 3. The van der Waals surface area contributed by atoms with Crippen LogP contribution in [0.1, 0.15) is 43.0 Å². The maximum Gasteiger partial charge on any atom is 0.313 e. The highest BCUT2D eigenvalue weighted by Crippen LogP contribution is 2.26. The number of nitrogens with zero attached hydrogens (tertiary/aromatic N) is 3. The van der Waals surface area contributed by atoms with Gasteiger partial charge in [0.15, 0.2) is 5.82 Å². The molecule has 1 aromatic heterocycles. The zero-order valence-electron chi connectivity index (χ0n) is 14.5. The number of aromatic nitrogens is 2. The van der Waals surface area contributed by atoms with Gasteiger partial charge in [-0.25, -0.2) is 0 Å². The van der Waals surface area contributed by atoms with Crippen molar-refractivity contribution < 1.29 is 14.1 Å². The second-order valence-electron chi connectivity index (χ2n) is 6.23. The third-order valence-electron chi connectivity index (χ3n) is 4.44. The van der Waals surface area contributed by atoms with Gasteiger partial charge in [0.2, 0.25) is 5.89 Å². The fourth-order valence-corrected chi connectivity index (χ4v) is 3.11. The number of aryl methyl sites for hydroxylation is 2. The molecule has 1 N–H and O–H groups in total. The van der Waals surface area contributed by atoms with E-state index in [-0.39, 0.29) is 5.92 Å². The first kappa shape index (κ1) is 17.1. The van der Waals surface area contributed by atoms with Gasteiger partial charge >= 0.3 is 11.8 Å². The molecule has 1 aliphatic heterocycles. The summed E-state index contributed by atoms with van der Waals surface area (Å²) < 4.78 is 5.22. The summed E-state index contributed by atoms with van der Waals surface area (Å²) in [6, 6.07) is 7.51. The van der Waals surface area contributed by atoms with E-state index in [2.05, 4.69) is 15.5 Å². The first-order valence-electron chi connectivity index (χ1n) is 8.57. The van der Waals surface area contributed by atoms with E-state index >= 15 is 0 Å². The number of benzene rings is 1. The molecule has 1 atom stereocenters. The van der Waals surface area contributed by atoms with E-state index in [9.17, 15) is 9.59 Å². The number of piperidine rings is 1. The molecule has 7 heteroatoms. The molecule has 2 aromatic rings. The SMILES string of the molecule is CCc1ccccc1NC(=O)C(=O)N1CCC[C@H](c2nc(C)no2)C1. The Balaban J connectivity index is 1.66. The van der Waals surface area contributed by atoms with Crippen LogP contribution in [-0.4, -0.2) is 39.9 Å². The minimum atomic E-state index is -0.608. The van der Waals surface area contributed by atoms with Gasteiger partial charge in [0.1, 0.15) is 0 Å². The van der Waals surface area contributed by atoms with Gasteiger partial charge in [0, 0.05) is 18.8 Å². The summed E-state index contributed by atoms with van der Waals surface area (Å²) in [5.74, 6) is -0.0381. The zero-order chi connectivity index (χ0) is 17.8. The van der Waals surface area contributed by atoms with E-state index in [4.69, 9.17) is 4.52 Å². The smallest absolute Gasteiger partial charge is 0.313 e. The van der Waals surface area contributed by atoms with Gasteiger partial charge < -0.3 is 14.7 Å². The highest BCUT2D eigenvalue weighted by atomic mass is 16.5. The van der Waals surface area contributed by atoms with Crippen LogP contribution in [0, 0.1) is 6.92 Å². The van der Waals surface area contributed by atoms with Crippen molar-refractivity contribution in [2.45, 2.75) is 39.0 Å². The summed E-state index contributed by atoms with van der Waals surface area (Å²) in [7, 11) is 0. The van der Waals surface area contributed by atoms with Gasteiger partial charge in [-0.2, -0.15) is 4.98 Å². The number of hydrogen-bond acceptors (Lipinski definition) is 5. The maximum absolute atomic E-state index is 12.5. The third kappa shape index (κ3) is 3.87. The van der Waals surface area contributed by atoms with Crippen molar-refractivity contribution in [1.29, 1.82) is 0 Å². The molecule has 2 heterocycles. The Kier molecular flexibility index (Phi) is 5.11. The zero-order valence-corrected chi connectivity index (χ0v) is 14.5. The van der Waals surface area contributed by atoms with Crippen LogP contribution in [0.4, 0.5) is 5.69 Å². The molecule has 2 amide bonds. The number of hydrogen-bond donors (Lipinski definition) is 1. The lowest BCUT2D eigenvalue weighted by Crippen LogP contribution is -2.44. The summed E-state index contributed by atoms with van der Waals surface area (Å²) in [5.41, 5.74) is 1.69. The average molecular weight is 342 g/mol. The topological polar surface area (TPSA) is 88.3 Å². The Morgan fingerprint density at radius 1 is 1.36 bits per heavy atom. The van der Waals surface area contributed by atoms with Crippen molar-refractivity contribution in [3.63, 3.8) is 0 Å². The molecule has 0 aliphatic carbocycles. The van der Waals surface area contributed by atoms with E-state index in [1.54, 1.807) is 11.8 Å². The maximum atomic E-state index is 12.5. The summed E-state index contributed by atoms with van der Waals surface area (Å²) in [6.45, 7) is 4.75. The van der Waals surface area contributed by atoms with E-state index in [0.717, 1.165) is 24.8 Å². The predicted molar refractivity (Wildman–Crippen MR) is 92.0 cm³/mol. The Bertz CT molecular complexity index is 771. The van der Waals surface area contributed by atoms with E-state index < -0.39 is 11.8 Å². The molecule has 3 rings (SSSR count). The van der Waals surface area contributed by atoms with E-state index in [0.29, 0.717) is 30.5 Å². The van der Waals surface area contributed by atoms with Crippen LogP contribution in [-0.2, 0) is 16.0 Å². The fraction of sp³-hybridized carbons (Fsp3) is 0.444. The standard InChI is InChI=1S/C18H22N4O3/c1-3-13-7-4-5-9-15(13)20-16(23)18(24)22-10-6-8-14(11-22)17-19-12(2)21-25-17/h4-5,7,9,14H,3,6,8,10-11H2,1-2H3,(H,20,23)/t14-/m0/s1. The molecule has 132 valence electrons. The van der Waals surface area contributed by atoms with Crippen LogP contribution in [0.15, 0.2) is 28.8 Å². The van der Waals surface area contributed by atoms with Gasteiger partial charge in [-0.3, -0.25) is 9.59 Å². The molecule has 0 spiro atoms. The minimum Gasteiger partial charge on any atom is -0.339 e. The third-order valence-corrected chi connectivity index (χ3v) is 4.44. The van der Waals surface area contributed by atoms with E-state index in [1.165, 1.54) is 0 Å². The first-order chi connectivity index (χ1) is 12.1. The molecule has 0 unspecified atom stereocenters. The van der Waals surface area contributed by atoms with Crippen LogP contribution in [0.3, 0.4) is 0 Å². The van der Waals surface area contributed by atoms with Gasteiger partial charge in [0.25, 0.3) is 0 Å². The molecule has 1 saturated heterocycles. The average Bonchev–Trinajstić information content (AvgIpc) is 3.08. The molecule has 25 heavy (non-hydrogen) atoms. The number of anilines is 1. The summed E-state index contributed by atoms with van der Waals surface area (Å²) in [4.78, 5) is 30.7. The number of likely N-dealkylation sites (tertiary alicyclic amines) is 1. The second kappa shape index (κ2) is 7.46. The number of carbonyl (C=O) groups excluding carboxylic acids is 2. The predicted octanol–water partition coefficient (Wildman–Crippen LogP) is 2.29. The normalized spacial score (nSPS) is 17.4. The van der Waals surface area contributed by atoms with Crippen molar-refractivity contribution in [3.8, 4) is 0 Å². The van der Waals surface area contributed by atoms with Gasteiger partial charge in [0.05, 0.1) is 5.92 Å². The van der Waals surface area contributed by atoms with Crippen molar-refractivity contribution in [3.05, 3.63) is 41.5 Å². The Morgan fingerprint density at radius 3 is 2.88 bits per heavy atom. The largest absolute Gasteiger partial charge is 0.339 e. The van der Waals surface area contributed by atoms with Gasteiger partial charge in [-0.15, -0.1) is 0 Å². The molecule has 1 aromatic carbocycles. The first-order valence-corrected chi connectivity index (χ1v) is 8.57. The molecule has 0 bridgehead atoms. The number of carbonyl (C=O) groups is 2. The molecule has 1 fully saturated rings. The summed E-state index contributed by atoms with van der Waals surface area (Å²) >= 11 is 0. The highest BCUT2D eigenvalue weighted by Gasteiger charge is 2.31. The van der Waals surface area contributed by atoms with Crippen LogP contribution < -0.4 is 5.32 Å². The summed E-state index contributed by atoms with van der Waals surface area (Å²) in [6.07, 6.45) is 2.45. The molecule has 0 saturated carbocycles. The lowest BCUT2D eigenvalue weighted by Gasteiger charge is -2.30. The van der Waals surface area contributed by atoms with Crippen molar-refractivity contribution in [2.24, 2.45) is 0 Å². The van der Waals surface area contributed by atoms with Gasteiger partial charge in [-0.1, -0.05) is 30.3 Å². The molecular weight excluding hydrogens is 320 g/mol. The van der Waals surface area contributed by atoms with Crippen LogP contribution >= 0.6 is 0 Å². The molecular formula is C18H22N4O3. The minimum absolute atomic E-state index is 0.0189. The van der Waals surface area contributed by atoms with Crippen LogP contribution in [0.5, 0.6) is 0 Å². The number of amides is 2. The van der Waals surface area contributed by atoms with Crippen molar-refractivity contribution >= 4 is 17.5 Å². The lowest BCUT2D eigenvalue weighted by molar-refractivity contribution is -0.144. The second-order valence-corrected chi connectivity index (χ2v) is 6.23. The summed E-state index contributed by atoms with van der Waals surface area (Å²) in [5, 5.41) is 6.54. The van der Waals surface area contributed by atoms with Gasteiger partial charge in [-0.05, 0) is 37.8 Å². The monoisotopic (exact) mass is 342 g/mol. The molecule has 7 nitrogen and oxygen atoms in total. The van der Waals surface area contributed by atoms with Crippen LogP contribution in [0.2, 0.25) is 0 Å². The Labute approximate surface area is 146 Å². The molecule has 0 radical (unpaired) electrons. The molecule has 1 aliphatic rings.